The summed E-state index contributed by atoms with van der Waals surface area (Å²) in [5.41, 5.74) is 1.51. The second-order valence-corrected chi connectivity index (χ2v) is 5.98. The maximum Gasteiger partial charge on any atom is 0.154 e. The van der Waals surface area contributed by atoms with E-state index in [0.717, 1.165) is 49.7 Å². The molecule has 22 heavy (non-hydrogen) atoms. The van der Waals surface area contributed by atoms with Crippen molar-refractivity contribution in [3.05, 3.63) is 52.9 Å². The topological polar surface area (TPSA) is 29.3 Å². The minimum Gasteiger partial charge on any atom is -0.359 e. The van der Waals surface area contributed by atoms with Gasteiger partial charge in [-0.3, -0.25) is 4.90 Å². The molecule has 1 aromatic heterocycles. The van der Waals surface area contributed by atoms with Gasteiger partial charge in [-0.2, -0.15) is 0 Å². The van der Waals surface area contributed by atoms with Crippen LogP contribution < -0.4 is 0 Å². The average Bonchev–Trinajstić information content (AvgIpc) is 2.74. The molecule has 1 aliphatic rings. The first-order valence-corrected chi connectivity index (χ1v) is 7.74. The van der Waals surface area contributed by atoms with Gasteiger partial charge < -0.3 is 4.52 Å². The van der Waals surface area contributed by atoms with Gasteiger partial charge in [0.25, 0.3) is 0 Å². The molecule has 3 rings (SSSR count). The third-order valence-electron chi connectivity index (χ3n) is 4.15. The number of aryl methyl sites for hydroxylation is 1. The molecular formula is C17H20F2N2O. The van der Waals surface area contributed by atoms with E-state index in [2.05, 4.69) is 10.1 Å². The van der Waals surface area contributed by atoms with E-state index >= 15 is 0 Å². The fourth-order valence-corrected chi connectivity index (χ4v) is 3.16. The second-order valence-electron chi connectivity index (χ2n) is 5.98. The van der Waals surface area contributed by atoms with Crippen molar-refractivity contribution < 1.29 is 13.3 Å². The van der Waals surface area contributed by atoms with E-state index in [-0.39, 0.29) is 6.04 Å². The highest BCUT2D eigenvalue weighted by Crippen LogP contribution is 2.31. The molecule has 1 aliphatic heterocycles. The Bertz CT molecular complexity index is 621. The number of halogens is 2. The summed E-state index contributed by atoms with van der Waals surface area (Å²) in [6.07, 6.45) is 4.35. The molecule has 0 bridgehead atoms. The minimum atomic E-state index is -0.531. The zero-order chi connectivity index (χ0) is 15.5. The van der Waals surface area contributed by atoms with Crippen LogP contribution in [0.25, 0.3) is 0 Å². The highest BCUT2D eigenvalue weighted by Gasteiger charge is 2.26. The third kappa shape index (κ3) is 3.53. The highest BCUT2D eigenvalue weighted by molar-refractivity contribution is 5.18. The lowest BCUT2D eigenvalue weighted by atomic mass is 10.1. The number of hydrogen-bond donors (Lipinski definition) is 0. The van der Waals surface area contributed by atoms with Crippen molar-refractivity contribution in [1.82, 2.24) is 10.1 Å². The summed E-state index contributed by atoms with van der Waals surface area (Å²) in [7, 11) is 0. The summed E-state index contributed by atoms with van der Waals surface area (Å²) in [4.78, 5) is 2.24. The molecule has 0 amide bonds. The Labute approximate surface area is 128 Å². The smallest absolute Gasteiger partial charge is 0.154 e. The van der Waals surface area contributed by atoms with Crippen LogP contribution in [0.4, 0.5) is 8.78 Å². The minimum absolute atomic E-state index is 0.120. The second kappa shape index (κ2) is 6.57. The first kappa shape index (κ1) is 15.2. The summed E-state index contributed by atoms with van der Waals surface area (Å²) in [5, 5.41) is 3.97. The summed E-state index contributed by atoms with van der Waals surface area (Å²) in [5.74, 6) is -0.218. The van der Waals surface area contributed by atoms with E-state index < -0.39 is 11.6 Å². The van der Waals surface area contributed by atoms with Gasteiger partial charge in [-0.05, 0) is 44.0 Å². The number of rotatable bonds is 3. The first-order chi connectivity index (χ1) is 10.6. The average molecular weight is 306 g/mol. The van der Waals surface area contributed by atoms with Gasteiger partial charge in [-0.15, -0.1) is 0 Å². The quantitative estimate of drug-likeness (QED) is 0.843. The molecular weight excluding hydrogens is 286 g/mol. The Morgan fingerprint density at radius 3 is 2.59 bits per heavy atom. The van der Waals surface area contributed by atoms with E-state index in [1.165, 1.54) is 12.1 Å². The van der Waals surface area contributed by atoms with E-state index in [4.69, 9.17) is 4.52 Å². The van der Waals surface area contributed by atoms with Gasteiger partial charge in [-0.1, -0.05) is 18.0 Å². The van der Waals surface area contributed by atoms with Crippen LogP contribution in [0.15, 0.2) is 28.8 Å². The van der Waals surface area contributed by atoms with Crippen molar-refractivity contribution in [2.24, 2.45) is 0 Å². The van der Waals surface area contributed by atoms with Gasteiger partial charge in [0, 0.05) is 18.7 Å². The van der Waals surface area contributed by atoms with E-state index in [1.54, 1.807) is 0 Å². The van der Waals surface area contributed by atoms with Crippen LogP contribution >= 0.6 is 0 Å². The van der Waals surface area contributed by atoms with Gasteiger partial charge in [0.15, 0.2) is 5.76 Å². The van der Waals surface area contributed by atoms with Crippen LogP contribution in [0, 0.1) is 18.6 Å². The lowest BCUT2D eigenvalue weighted by Crippen LogP contribution is -2.28. The molecule has 118 valence electrons. The van der Waals surface area contributed by atoms with Crippen molar-refractivity contribution in [3.63, 3.8) is 0 Å². The summed E-state index contributed by atoms with van der Waals surface area (Å²) in [6.45, 7) is 3.30. The fourth-order valence-electron chi connectivity index (χ4n) is 3.16. The Hall–Kier alpha value is -1.75. The molecule has 0 N–H and O–H groups in total. The summed E-state index contributed by atoms with van der Waals surface area (Å²) in [6, 6.07) is 5.78. The lowest BCUT2D eigenvalue weighted by molar-refractivity contribution is 0.159. The van der Waals surface area contributed by atoms with Crippen molar-refractivity contribution >= 4 is 0 Å². The van der Waals surface area contributed by atoms with Crippen LogP contribution in [0.2, 0.25) is 0 Å². The van der Waals surface area contributed by atoms with E-state index in [9.17, 15) is 8.78 Å². The molecule has 3 nitrogen and oxygen atoms in total. The van der Waals surface area contributed by atoms with Crippen molar-refractivity contribution in [3.8, 4) is 0 Å². The zero-order valence-corrected chi connectivity index (χ0v) is 12.7. The molecule has 1 unspecified atom stereocenters. The molecule has 5 heteroatoms. The molecule has 0 spiro atoms. The summed E-state index contributed by atoms with van der Waals surface area (Å²) >= 11 is 0. The van der Waals surface area contributed by atoms with Gasteiger partial charge >= 0.3 is 0 Å². The van der Waals surface area contributed by atoms with Crippen LogP contribution in [0.5, 0.6) is 0 Å². The van der Waals surface area contributed by atoms with Crippen LogP contribution in [0.1, 0.15) is 48.7 Å². The first-order valence-electron chi connectivity index (χ1n) is 7.74. The van der Waals surface area contributed by atoms with Gasteiger partial charge in [0.2, 0.25) is 0 Å². The molecule has 2 heterocycles. The molecule has 0 saturated carbocycles. The Balaban J connectivity index is 1.84. The van der Waals surface area contributed by atoms with Crippen molar-refractivity contribution in [2.45, 2.75) is 45.2 Å². The Morgan fingerprint density at radius 1 is 1.14 bits per heavy atom. The number of hydrogen-bond acceptors (Lipinski definition) is 3. The molecule has 1 atom stereocenters. The number of nitrogens with zero attached hydrogens (tertiary/aromatic N) is 2. The van der Waals surface area contributed by atoms with E-state index in [1.807, 2.05) is 13.0 Å². The zero-order valence-electron chi connectivity index (χ0n) is 12.7. The molecule has 1 saturated heterocycles. The van der Waals surface area contributed by atoms with Gasteiger partial charge in [0.05, 0.1) is 11.7 Å². The molecule has 0 aliphatic carbocycles. The number of aromatic nitrogens is 1. The fraction of sp³-hybridized carbons (Fsp3) is 0.471. The van der Waals surface area contributed by atoms with Gasteiger partial charge in [-0.25, -0.2) is 8.78 Å². The number of benzene rings is 1. The van der Waals surface area contributed by atoms with Crippen molar-refractivity contribution in [2.75, 3.05) is 6.54 Å². The SMILES string of the molecule is Cc1cc(C2CCCCCN2Cc2cc(F)cc(F)c2)on1. The predicted octanol–water partition coefficient (Wildman–Crippen LogP) is 4.38. The van der Waals surface area contributed by atoms with Crippen LogP contribution in [-0.2, 0) is 6.54 Å². The maximum atomic E-state index is 13.4. The lowest BCUT2D eigenvalue weighted by Gasteiger charge is -2.28. The van der Waals surface area contributed by atoms with Crippen LogP contribution in [0.3, 0.4) is 0 Å². The standard InChI is InChI=1S/C17H20F2N2O/c1-12-7-17(22-20-12)16-5-3-2-4-6-21(16)11-13-8-14(18)10-15(19)9-13/h7-10,16H,2-6,11H2,1H3. The molecule has 1 aromatic carbocycles. The van der Waals surface area contributed by atoms with Crippen molar-refractivity contribution in [1.29, 1.82) is 0 Å². The van der Waals surface area contributed by atoms with Gasteiger partial charge in [0.1, 0.15) is 11.6 Å². The highest BCUT2D eigenvalue weighted by atomic mass is 19.1. The maximum absolute atomic E-state index is 13.4. The molecule has 1 fully saturated rings. The Morgan fingerprint density at radius 2 is 1.91 bits per heavy atom. The summed E-state index contributed by atoms with van der Waals surface area (Å²) < 4.78 is 32.2. The molecule has 2 aromatic rings. The third-order valence-corrected chi connectivity index (χ3v) is 4.15. The van der Waals surface area contributed by atoms with Crippen LogP contribution in [-0.4, -0.2) is 16.6 Å². The normalized spacial score (nSPS) is 20.0. The monoisotopic (exact) mass is 306 g/mol. The number of likely N-dealkylation sites (tertiary alicyclic amines) is 1. The predicted molar refractivity (Wildman–Crippen MR) is 79.2 cm³/mol. The Kier molecular flexibility index (Phi) is 4.52. The largest absolute Gasteiger partial charge is 0.359 e. The van der Waals surface area contributed by atoms with E-state index in [0.29, 0.717) is 12.1 Å². The molecule has 0 radical (unpaired) electrons.